The van der Waals surface area contributed by atoms with Gasteiger partial charge in [-0.2, -0.15) is 13.2 Å². The second kappa shape index (κ2) is 8.78. The molecule has 1 N–H and O–H groups in total. The number of nitrogens with zero attached hydrogens (tertiary/aromatic N) is 1. The van der Waals surface area contributed by atoms with Crippen LogP contribution in [0, 0.1) is 11.6 Å². The van der Waals surface area contributed by atoms with Gasteiger partial charge in [-0.15, -0.1) is 0 Å². The molecule has 6 nitrogen and oxygen atoms in total. The Kier molecular flexibility index (Phi) is 6.80. The summed E-state index contributed by atoms with van der Waals surface area (Å²) in [6.45, 7) is -1.60. The van der Waals surface area contributed by atoms with Crippen LogP contribution in [-0.4, -0.2) is 39.1 Å². The van der Waals surface area contributed by atoms with Gasteiger partial charge in [-0.25, -0.2) is 17.2 Å². The fourth-order valence-electron chi connectivity index (χ4n) is 2.40. The zero-order valence-electron chi connectivity index (χ0n) is 15.3. The Morgan fingerprint density at radius 3 is 2.20 bits per heavy atom. The van der Waals surface area contributed by atoms with Crippen molar-refractivity contribution in [2.24, 2.45) is 0 Å². The molecule has 0 saturated heterocycles. The number of alkyl halides is 3. The van der Waals surface area contributed by atoms with Crippen LogP contribution in [0.3, 0.4) is 0 Å². The number of nitrogens with one attached hydrogen (secondary N) is 1. The Labute approximate surface area is 168 Å². The molecule has 0 fully saturated rings. The van der Waals surface area contributed by atoms with E-state index in [9.17, 15) is 40.0 Å². The van der Waals surface area contributed by atoms with E-state index in [1.165, 1.54) is 23.5 Å². The molecular formula is C18H15F5N2O4S. The van der Waals surface area contributed by atoms with Crippen molar-refractivity contribution in [3.8, 4) is 0 Å². The summed E-state index contributed by atoms with van der Waals surface area (Å²) in [7, 11) is -4.01. The molecule has 0 unspecified atom stereocenters. The highest BCUT2D eigenvalue weighted by Gasteiger charge is 2.38. The second-order valence-electron chi connectivity index (χ2n) is 6.13. The van der Waals surface area contributed by atoms with Gasteiger partial charge in [-0.3, -0.25) is 13.9 Å². The summed E-state index contributed by atoms with van der Waals surface area (Å²) in [5, 5.41) is 1.37. The molecule has 2 aromatic carbocycles. The van der Waals surface area contributed by atoms with Gasteiger partial charge in [0.25, 0.3) is 0 Å². The van der Waals surface area contributed by atoms with Crippen LogP contribution in [0.15, 0.2) is 42.5 Å². The summed E-state index contributed by atoms with van der Waals surface area (Å²) >= 11 is 0. The van der Waals surface area contributed by atoms with E-state index < -0.39 is 52.6 Å². The van der Waals surface area contributed by atoms with Crippen LogP contribution in [0.5, 0.6) is 0 Å². The van der Waals surface area contributed by atoms with Crippen molar-refractivity contribution in [2.75, 3.05) is 17.1 Å². The molecule has 0 radical (unpaired) electrons. The number of hydrogen-bond acceptors (Lipinski definition) is 4. The van der Waals surface area contributed by atoms with Crippen LogP contribution >= 0.6 is 0 Å². The summed E-state index contributed by atoms with van der Waals surface area (Å²) in [4.78, 5) is 22.6. The number of para-hydroxylation sites is 1. The van der Waals surface area contributed by atoms with Gasteiger partial charge in [0.1, 0.15) is 11.6 Å². The lowest BCUT2D eigenvalue weighted by atomic mass is 10.1. The van der Waals surface area contributed by atoms with Crippen molar-refractivity contribution in [1.29, 1.82) is 0 Å². The number of hydrogen-bond donors (Lipinski definition) is 1. The molecule has 162 valence electrons. The molecule has 2 aromatic rings. The van der Waals surface area contributed by atoms with E-state index in [2.05, 4.69) is 0 Å². The molecule has 0 atom stereocenters. The third-order valence-electron chi connectivity index (χ3n) is 3.88. The number of ketones is 1. The Bertz CT molecular complexity index is 1070. The molecule has 0 heterocycles. The third-order valence-corrected chi connectivity index (χ3v) is 5.00. The van der Waals surface area contributed by atoms with Crippen molar-refractivity contribution in [2.45, 2.75) is 12.7 Å². The first kappa shape index (κ1) is 23.3. The van der Waals surface area contributed by atoms with Crippen LogP contribution in [0.25, 0.3) is 0 Å². The maximum absolute atomic E-state index is 14.4. The number of carbonyl (C=O) groups is 2. The van der Waals surface area contributed by atoms with E-state index in [4.69, 9.17) is 0 Å². The van der Waals surface area contributed by atoms with Crippen molar-refractivity contribution in [1.82, 2.24) is 5.32 Å². The summed E-state index contributed by atoms with van der Waals surface area (Å²) < 4.78 is 89.6. The lowest BCUT2D eigenvalue weighted by molar-refractivity contribution is -0.173. The molecule has 2 rings (SSSR count). The molecule has 0 aliphatic rings. The first-order chi connectivity index (χ1) is 13.8. The minimum atomic E-state index is -5.17. The normalized spacial score (nSPS) is 11.8. The van der Waals surface area contributed by atoms with E-state index in [0.29, 0.717) is 10.4 Å². The second-order valence-corrected chi connectivity index (χ2v) is 8.04. The Morgan fingerprint density at radius 1 is 1.03 bits per heavy atom. The minimum absolute atomic E-state index is 0.209. The van der Waals surface area contributed by atoms with Gasteiger partial charge in [0, 0.05) is 11.1 Å². The van der Waals surface area contributed by atoms with E-state index >= 15 is 0 Å². The van der Waals surface area contributed by atoms with Crippen LogP contribution < -0.4 is 9.62 Å². The van der Waals surface area contributed by atoms with Crippen LogP contribution in [0.2, 0.25) is 0 Å². The maximum atomic E-state index is 14.4. The standard InChI is InChI=1S/C18H15F5N2O4S/c1-30(28,29)25(15-5-3-2-4-13(15)19)10-12-7-6-11(8-14(12)20)16(26)9-24-17(27)18(21,22)23/h2-8H,9-10H2,1H3,(H,24,27). The minimum Gasteiger partial charge on any atom is -0.341 e. The van der Waals surface area contributed by atoms with E-state index in [1.54, 1.807) is 0 Å². The largest absolute Gasteiger partial charge is 0.471 e. The van der Waals surface area contributed by atoms with Crippen molar-refractivity contribution >= 4 is 27.4 Å². The Balaban J connectivity index is 2.23. The average molecular weight is 450 g/mol. The summed E-state index contributed by atoms with van der Waals surface area (Å²) in [6.07, 6.45) is -4.37. The van der Waals surface area contributed by atoms with Gasteiger partial charge in [-0.1, -0.05) is 24.3 Å². The van der Waals surface area contributed by atoms with Crippen LogP contribution in [0.4, 0.5) is 27.6 Å². The van der Waals surface area contributed by atoms with Crippen molar-refractivity contribution in [3.63, 3.8) is 0 Å². The number of rotatable bonds is 7. The predicted octanol–water partition coefficient (Wildman–Crippen LogP) is 2.79. The summed E-state index contributed by atoms with van der Waals surface area (Å²) in [6, 6.07) is 7.76. The number of Topliss-reactive ketones (excluding diaryl/α,β-unsaturated/α-hetero) is 1. The SMILES string of the molecule is CS(=O)(=O)N(Cc1ccc(C(=O)CNC(=O)C(F)(F)F)cc1F)c1ccccc1F. The Morgan fingerprint density at radius 2 is 1.67 bits per heavy atom. The van der Waals surface area contributed by atoms with Crippen molar-refractivity contribution < 1.29 is 40.0 Å². The van der Waals surface area contributed by atoms with Gasteiger partial charge in [-0.05, 0) is 18.2 Å². The number of halogens is 5. The molecule has 0 spiro atoms. The van der Waals surface area contributed by atoms with Gasteiger partial charge in [0.15, 0.2) is 5.78 Å². The zero-order chi connectivity index (χ0) is 22.7. The summed E-state index contributed by atoms with van der Waals surface area (Å²) in [5.41, 5.74) is -0.857. The number of benzene rings is 2. The highest BCUT2D eigenvalue weighted by atomic mass is 32.2. The monoisotopic (exact) mass is 450 g/mol. The zero-order valence-corrected chi connectivity index (χ0v) is 16.2. The molecular weight excluding hydrogens is 435 g/mol. The molecule has 0 aliphatic heterocycles. The molecule has 0 aromatic heterocycles. The van der Waals surface area contributed by atoms with Gasteiger partial charge in [0.2, 0.25) is 10.0 Å². The third kappa shape index (κ3) is 5.75. The lowest BCUT2D eigenvalue weighted by Gasteiger charge is -2.23. The van der Waals surface area contributed by atoms with E-state index in [-0.39, 0.29) is 16.8 Å². The summed E-state index contributed by atoms with van der Waals surface area (Å²) in [5.74, 6) is -5.20. The van der Waals surface area contributed by atoms with Crippen LogP contribution in [0.1, 0.15) is 15.9 Å². The molecule has 0 saturated carbocycles. The predicted molar refractivity (Wildman–Crippen MR) is 97.2 cm³/mol. The number of sulfonamides is 1. The number of anilines is 1. The average Bonchev–Trinajstić information content (AvgIpc) is 2.63. The highest BCUT2D eigenvalue weighted by Crippen LogP contribution is 2.25. The van der Waals surface area contributed by atoms with Gasteiger partial charge < -0.3 is 5.32 Å². The molecule has 0 bridgehead atoms. The van der Waals surface area contributed by atoms with Crippen LogP contribution in [-0.2, 0) is 21.4 Å². The topological polar surface area (TPSA) is 83.6 Å². The molecule has 0 aliphatic carbocycles. The lowest BCUT2D eigenvalue weighted by Crippen LogP contribution is -2.39. The number of carbonyl (C=O) groups excluding carboxylic acids is 2. The van der Waals surface area contributed by atoms with Crippen molar-refractivity contribution in [3.05, 3.63) is 65.2 Å². The van der Waals surface area contributed by atoms with E-state index in [1.807, 2.05) is 0 Å². The highest BCUT2D eigenvalue weighted by molar-refractivity contribution is 7.92. The van der Waals surface area contributed by atoms with Gasteiger partial charge >= 0.3 is 12.1 Å². The fourth-order valence-corrected chi connectivity index (χ4v) is 3.28. The Hall–Kier alpha value is -3.02. The quantitative estimate of drug-likeness (QED) is 0.520. The first-order valence-electron chi connectivity index (χ1n) is 8.19. The molecule has 12 heteroatoms. The smallest absolute Gasteiger partial charge is 0.341 e. The van der Waals surface area contributed by atoms with E-state index in [0.717, 1.165) is 24.5 Å². The number of amides is 1. The maximum Gasteiger partial charge on any atom is 0.471 e. The first-order valence-corrected chi connectivity index (χ1v) is 10.0. The fraction of sp³-hybridized carbons (Fsp3) is 0.222. The molecule has 1 amide bonds. The molecule has 30 heavy (non-hydrogen) atoms. The van der Waals surface area contributed by atoms with Gasteiger partial charge in [0.05, 0.1) is 25.0 Å².